The van der Waals surface area contributed by atoms with E-state index in [1.54, 1.807) is 0 Å². The van der Waals surface area contributed by atoms with E-state index in [0.29, 0.717) is 12.8 Å². The Hall–Kier alpha value is -1.69. The van der Waals surface area contributed by atoms with Crippen LogP contribution >= 0.6 is 11.6 Å². The van der Waals surface area contributed by atoms with E-state index in [2.05, 4.69) is 15.3 Å². The van der Waals surface area contributed by atoms with Crippen LogP contribution in [0.3, 0.4) is 0 Å². The third-order valence-electron chi connectivity index (χ3n) is 2.99. The molecule has 18 heavy (non-hydrogen) atoms. The molecule has 0 aromatic carbocycles. The molecule has 1 heterocycles. The van der Waals surface area contributed by atoms with E-state index in [-0.39, 0.29) is 16.9 Å². The first-order valence-corrected chi connectivity index (χ1v) is 5.97. The van der Waals surface area contributed by atoms with Gasteiger partial charge in [-0.25, -0.2) is 4.98 Å². The number of aromatic nitrogens is 2. The van der Waals surface area contributed by atoms with Gasteiger partial charge in [0.15, 0.2) is 0 Å². The lowest BCUT2D eigenvalue weighted by Crippen LogP contribution is -2.40. The number of carbonyl (C=O) groups is 2. The van der Waals surface area contributed by atoms with Gasteiger partial charge in [0.25, 0.3) is 5.91 Å². The van der Waals surface area contributed by atoms with Gasteiger partial charge in [0.2, 0.25) is 0 Å². The summed E-state index contributed by atoms with van der Waals surface area (Å²) in [5.74, 6) is -1.85. The number of halogens is 1. The maximum Gasteiger partial charge on any atom is 0.308 e. The number of hydrogen-bond acceptors (Lipinski definition) is 4. The van der Waals surface area contributed by atoms with E-state index >= 15 is 0 Å². The highest BCUT2D eigenvalue weighted by Crippen LogP contribution is 2.26. The first-order valence-electron chi connectivity index (χ1n) is 5.59. The number of carboxylic acids is 1. The zero-order chi connectivity index (χ0) is 13.1. The zero-order valence-corrected chi connectivity index (χ0v) is 10.2. The molecule has 0 spiro atoms. The van der Waals surface area contributed by atoms with E-state index in [4.69, 9.17) is 16.7 Å². The summed E-state index contributed by atoms with van der Waals surface area (Å²) in [6, 6.07) is -0.351. The van der Waals surface area contributed by atoms with Crippen LogP contribution in [0.15, 0.2) is 12.4 Å². The summed E-state index contributed by atoms with van der Waals surface area (Å²) in [5, 5.41) is 11.8. The minimum atomic E-state index is -0.880. The molecule has 1 fully saturated rings. The summed E-state index contributed by atoms with van der Waals surface area (Å²) in [5.41, 5.74) is 0.0959. The summed E-state index contributed by atoms with van der Waals surface area (Å²) in [7, 11) is 0. The van der Waals surface area contributed by atoms with Crippen LogP contribution in [-0.2, 0) is 4.79 Å². The van der Waals surface area contributed by atoms with Crippen molar-refractivity contribution in [2.75, 3.05) is 0 Å². The molecule has 2 unspecified atom stereocenters. The Balaban J connectivity index is 2.05. The molecule has 0 radical (unpaired) electrons. The molecule has 7 heteroatoms. The smallest absolute Gasteiger partial charge is 0.308 e. The summed E-state index contributed by atoms with van der Waals surface area (Å²) < 4.78 is 0. The summed E-state index contributed by atoms with van der Waals surface area (Å²) in [6.07, 6.45) is 4.67. The molecule has 6 nitrogen and oxygen atoms in total. The van der Waals surface area contributed by atoms with Gasteiger partial charge >= 0.3 is 5.97 Å². The van der Waals surface area contributed by atoms with Crippen LogP contribution < -0.4 is 5.32 Å². The molecular formula is C11H12ClN3O3. The van der Waals surface area contributed by atoms with Crippen LogP contribution in [0.5, 0.6) is 0 Å². The third kappa shape index (κ3) is 2.76. The number of hydrogen-bond donors (Lipinski definition) is 2. The Labute approximate surface area is 108 Å². The zero-order valence-electron chi connectivity index (χ0n) is 9.47. The number of amides is 1. The maximum atomic E-state index is 11.9. The lowest BCUT2D eigenvalue weighted by molar-refractivity contribution is -0.142. The third-order valence-corrected chi connectivity index (χ3v) is 3.17. The molecular weight excluding hydrogens is 258 g/mol. The van der Waals surface area contributed by atoms with Crippen molar-refractivity contribution < 1.29 is 14.7 Å². The van der Waals surface area contributed by atoms with E-state index < -0.39 is 17.8 Å². The lowest BCUT2D eigenvalue weighted by atomic mass is 10.0. The van der Waals surface area contributed by atoms with E-state index in [9.17, 15) is 9.59 Å². The van der Waals surface area contributed by atoms with Crippen molar-refractivity contribution in [2.24, 2.45) is 5.92 Å². The molecule has 2 atom stereocenters. The van der Waals surface area contributed by atoms with Crippen LogP contribution in [-0.4, -0.2) is 33.0 Å². The summed E-state index contributed by atoms with van der Waals surface area (Å²) in [4.78, 5) is 30.4. The second kappa shape index (κ2) is 5.30. The molecule has 2 N–H and O–H groups in total. The topological polar surface area (TPSA) is 92.2 Å². The van der Waals surface area contributed by atoms with Crippen molar-refractivity contribution in [2.45, 2.75) is 25.3 Å². The number of aliphatic carboxylic acids is 1. The Bertz CT molecular complexity index is 480. The molecule has 0 bridgehead atoms. The average molecular weight is 270 g/mol. The summed E-state index contributed by atoms with van der Waals surface area (Å²) >= 11 is 5.64. The first kappa shape index (κ1) is 12.8. The van der Waals surface area contributed by atoms with Gasteiger partial charge in [-0.3, -0.25) is 14.6 Å². The van der Waals surface area contributed by atoms with Gasteiger partial charge in [-0.05, 0) is 12.8 Å². The predicted octanol–water partition coefficient (Wildman–Crippen LogP) is 1.11. The number of nitrogens with one attached hydrogen (secondary N) is 1. The highest BCUT2D eigenvalue weighted by molar-refractivity contribution is 6.29. The van der Waals surface area contributed by atoms with E-state index in [1.807, 2.05) is 0 Å². The van der Waals surface area contributed by atoms with Gasteiger partial charge < -0.3 is 10.4 Å². The highest BCUT2D eigenvalue weighted by atomic mass is 35.5. The van der Waals surface area contributed by atoms with E-state index in [1.165, 1.54) is 12.4 Å². The second-order valence-corrected chi connectivity index (χ2v) is 4.57. The van der Waals surface area contributed by atoms with Crippen LogP contribution in [0, 0.1) is 5.92 Å². The van der Waals surface area contributed by atoms with Gasteiger partial charge in [0.1, 0.15) is 10.8 Å². The number of carboxylic acid groups (broad SMARTS) is 1. The molecule has 0 aliphatic heterocycles. The van der Waals surface area contributed by atoms with Crippen LogP contribution in [0.1, 0.15) is 29.8 Å². The van der Waals surface area contributed by atoms with Crippen LogP contribution in [0.25, 0.3) is 0 Å². The number of carbonyl (C=O) groups excluding carboxylic acids is 1. The highest BCUT2D eigenvalue weighted by Gasteiger charge is 2.34. The van der Waals surface area contributed by atoms with Gasteiger partial charge in [-0.15, -0.1) is 0 Å². The fourth-order valence-corrected chi connectivity index (χ4v) is 2.27. The van der Waals surface area contributed by atoms with Crippen molar-refractivity contribution in [1.29, 1.82) is 0 Å². The number of nitrogens with zero attached hydrogens (tertiary/aromatic N) is 2. The van der Waals surface area contributed by atoms with Crippen molar-refractivity contribution >= 4 is 23.5 Å². The molecule has 1 aliphatic carbocycles. The predicted molar refractivity (Wildman–Crippen MR) is 63.3 cm³/mol. The summed E-state index contributed by atoms with van der Waals surface area (Å²) in [6.45, 7) is 0. The average Bonchev–Trinajstić information content (AvgIpc) is 2.77. The minimum Gasteiger partial charge on any atom is -0.481 e. The largest absolute Gasteiger partial charge is 0.481 e. The monoisotopic (exact) mass is 269 g/mol. The van der Waals surface area contributed by atoms with Gasteiger partial charge in [-0.2, -0.15) is 0 Å². The Morgan fingerprint density at radius 2 is 2.17 bits per heavy atom. The number of rotatable bonds is 3. The van der Waals surface area contributed by atoms with Crippen molar-refractivity contribution in [3.63, 3.8) is 0 Å². The molecule has 1 aromatic heterocycles. The molecule has 1 aromatic rings. The van der Waals surface area contributed by atoms with Crippen LogP contribution in [0.4, 0.5) is 0 Å². The van der Waals surface area contributed by atoms with Gasteiger partial charge in [-0.1, -0.05) is 18.0 Å². The molecule has 1 saturated carbocycles. The molecule has 1 aliphatic rings. The minimum absolute atomic E-state index is 0.0959. The maximum absolute atomic E-state index is 11.9. The Kier molecular flexibility index (Phi) is 3.76. The normalized spacial score (nSPS) is 22.7. The lowest BCUT2D eigenvalue weighted by Gasteiger charge is -2.17. The SMILES string of the molecule is O=C(NC1CCCC1C(=O)O)c1cncc(Cl)n1. The van der Waals surface area contributed by atoms with Gasteiger partial charge in [0.05, 0.1) is 18.3 Å². The molecule has 0 saturated heterocycles. The fraction of sp³-hybridized carbons (Fsp3) is 0.455. The molecule has 1 amide bonds. The Morgan fingerprint density at radius 1 is 1.39 bits per heavy atom. The standard InChI is InChI=1S/C11H12ClN3O3/c12-9-5-13-4-8(14-9)10(16)15-7-3-1-2-6(7)11(17)18/h4-7H,1-3H2,(H,15,16)(H,17,18). The second-order valence-electron chi connectivity index (χ2n) is 4.18. The van der Waals surface area contributed by atoms with Crippen molar-refractivity contribution in [1.82, 2.24) is 15.3 Å². The van der Waals surface area contributed by atoms with Gasteiger partial charge in [0, 0.05) is 6.04 Å². The molecule has 96 valence electrons. The Morgan fingerprint density at radius 3 is 2.83 bits per heavy atom. The fourth-order valence-electron chi connectivity index (χ4n) is 2.12. The first-order chi connectivity index (χ1) is 8.58. The van der Waals surface area contributed by atoms with E-state index in [0.717, 1.165) is 6.42 Å². The quantitative estimate of drug-likeness (QED) is 0.858. The molecule has 2 rings (SSSR count). The van der Waals surface area contributed by atoms with Crippen molar-refractivity contribution in [3.8, 4) is 0 Å². The van der Waals surface area contributed by atoms with Crippen LogP contribution in [0.2, 0.25) is 5.15 Å². The van der Waals surface area contributed by atoms with Crippen molar-refractivity contribution in [3.05, 3.63) is 23.2 Å².